The van der Waals surface area contributed by atoms with E-state index in [0.29, 0.717) is 24.8 Å². The average molecular weight is 420 g/mol. The zero-order valence-corrected chi connectivity index (χ0v) is 16.9. The summed E-state index contributed by atoms with van der Waals surface area (Å²) in [6.07, 6.45) is 0.244. The predicted molar refractivity (Wildman–Crippen MR) is 107 cm³/mol. The SMILES string of the molecule is CCOC(=O)[C@@H](Cc1ccc(N(CCCl)CCCl)cc1)NC(=O)[C@@H](N)CO. The number of hydrogen-bond acceptors (Lipinski definition) is 6. The molecule has 27 heavy (non-hydrogen) atoms. The molecule has 0 aromatic heterocycles. The molecule has 0 aliphatic carbocycles. The minimum atomic E-state index is -1.09. The van der Waals surface area contributed by atoms with Gasteiger partial charge in [-0.2, -0.15) is 0 Å². The molecule has 0 fully saturated rings. The van der Waals surface area contributed by atoms with Gasteiger partial charge in [-0.05, 0) is 24.6 Å². The Balaban J connectivity index is 2.87. The molecule has 7 nitrogen and oxygen atoms in total. The minimum Gasteiger partial charge on any atom is -0.464 e. The lowest BCUT2D eigenvalue weighted by Gasteiger charge is -2.23. The highest BCUT2D eigenvalue weighted by Crippen LogP contribution is 2.17. The zero-order chi connectivity index (χ0) is 20.2. The van der Waals surface area contributed by atoms with Crippen LogP contribution in [0, 0.1) is 0 Å². The Kier molecular flexibility index (Phi) is 11.1. The van der Waals surface area contributed by atoms with Crippen LogP contribution in [0.2, 0.25) is 0 Å². The van der Waals surface area contributed by atoms with Gasteiger partial charge in [0.05, 0.1) is 13.2 Å². The van der Waals surface area contributed by atoms with E-state index in [9.17, 15) is 9.59 Å². The van der Waals surface area contributed by atoms with E-state index in [-0.39, 0.29) is 13.0 Å². The number of ether oxygens (including phenoxy) is 1. The van der Waals surface area contributed by atoms with Crippen molar-refractivity contribution in [2.75, 3.05) is 43.0 Å². The lowest BCUT2D eigenvalue weighted by Crippen LogP contribution is -2.51. The number of amides is 1. The summed E-state index contributed by atoms with van der Waals surface area (Å²) in [6, 6.07) is 5.59. The van der Waals surface area contributed by atoms with Crippen molar-refractivity contribution in [3.63, 3.8) is 0 Å². The number of carbonyl (C=O) groups excluding carboxylic acids is 2. The second-order valence-corrected chi connectivity index (χ2v) is 6.59. The molecule has 1 rings (SSSR count). The van der Waals surface area contributed by atoms with E-state index in [2.05, 4.69) is 10.2 Å². The van der Waals surface area contributed by atoms with Crippen molar-refractivity contribution in [2.24, 2.45) is 5.73 Å². The summed E-state index contributed by atoms with van der Waals surface area (Å²) in [6.45, 7) is 2.73. The van der Waals surface area contributed by atoms with Gasteiger partial charge in [0.1, 0.15) is 12.1 Å². The van der Waals surface area contributed by atoms with Crippen LogP contribution < -0.4 is 16.0 Å². The summed E-state index contributed by atoms with van der Waals surface area (Å²) in [7, 11) is 0. The number of hydrogen-bond donors (Lipinski definition) is 3. The molecule has 0 spiro atoms. The number of aliphatic hydroxyl groups excluding tert-OH is 1. The number of halogens is 2. The van der Waals surface area contributed by atoms with E-state index < -0.39 is 30.6 Å². The fourth-order valence-electron chi connectivity index (χ4n) is 2.45. The molecular formula is C18H27Cl2N3O4. The molecule has 9 heteroatoms. The second kappa shape index (κ2) is 12.8. The van der Waals surface area contributed by atoms with Gasteiger partial charge in [-0.15, -0.1) is 23.2 Å². The van der Waals surface area contributed by atoms with Crippen LogP contribution in [-0.2, 0) is 20.7 Å². The summed E-state index contributed by atoms with van der Waals surface area (Å²) in [4.78, 5) is 26.2. The van der Waals surface area contributed by atoms with Crippen LogP contribution in [0.4, 0.5) is 5.69 Å². The third-order valence-electron chi connectivity index (χ3n) is 3.87. The first-order valence-corrected chi connectivity index (χ1v) is 9.82. The maximum Gasteiger partial charge on any atom is 0.328 e. The molecule has 2 atom stereocenters. The molecule has 1 aromatic rings. The first kappa shape index (κ1) is 23.5. The van der Waals surface area contributed by atoms with E-state index in [1.165, 1.54) is 0 Å². The number of nitrogens with two attached hydrogens (primary N) is 1. The summed E-state index contributed by atoms with van der Waals surface area (Å²) in [5, 5.41) is 11.5. The lowest BCUT2D eigenvalue weighted by atomic mass is 10.0. The molecule has 0 bridgehead atoms. The molecule has 152 valence electrons. The fraction of sp³-hybridized carbons (Fsp3) is 0.556. The average Bonchev–Trinajstić information content (AvgIpc) is 2.67. The molecule has 1 aromatic carbocycles. The van der Waals surface area contributed by atoms with Crippen LogP contribution in [0.1, 0.15) is 12.5 Å². The Bertz CT molecular complexity index is 580. The van der Waals surface area contributed by atoms with Crippen molar-refractivity contribution in [1.29, 1.82) is 0 Å². The monoisotopic (exact) mass is 419 g/mol. The number of alkyl halides is 2. The molecule has 0 aliphatic rings. The first-order valence-electron chi connectivity index (χ1n) is 8.76. The Hall–Kier alpha value is -1.54. The topological polar surface area (TPSA) is 105 Å². The molecule has 0 saturated carbocycles. The molecule has 0 unspecified atom stereocenters. The number of rotatable bonds is 12. The van der Waals surface area contributed by atoms with Crippen LogP contribution >= 0.6 is 23.2 Å². The number of benzene rings is 1. The van der Waals surface area contributed by atoms with Gasteiger partial charge in [-0.1, -0.05) is 12.1 Å². The molecule has 0 heterocycles. The smallest absolute Gasteiger partial charge is 0.328 e. The number of nitrogens with zero attached hydrogens (tertiary/aromatic N) is 1. The van der Waals surface area contributed by atoms with Gasteiger partial charge in [-0.25, -0.2) is 4.79 Å². The van der Waals surface area contributed by atoms with Crippen molar-refractivity contribution < 1.29 is 19.4 Å². The van der Waals surface area contributed by atoms with Crippen molar-refractivity contribution in [1.82, 2.24) is 5.32 Å². The second-order valence-electron chi connectivity index (χ2n) is 5.84. The molecule has 0 radical (unpaired) electrons. The standard InChI is InChI=1S/C18H27Cl2N3O4/c1-2-27-18(26)16(22-17(25)15(21)12-24)11-13-3-5-14(6-4-13)23(9-7-19)10-8-20/h3-6,15-16,24H,2,7-12,21H2,1H3,(H,22,25)/t15-,16+/m0/s1. The van der Waals surface area contributed by atoms with E-state index in [1.807, 2.05) is 24.3 Å². The number of carbonyl (C=O) groups is 2. The van der Waals surface area contributed by atoms with Crippen LogP contribution in [0.15, 0.2) is 24.3 Å². The summed E-state index contributed by atoms with van der Waals surface area (Å²) in [5.41, 5.74) is 7.31. The van der Waals surface area contributed by atoms with Gasteiger partial charge < -0.3 is 25.8 Å². The number of nitrogens with one attached hydrogen (secondary N) is 1. The Labute approximate surface area is 169 Å². The van der Waals surface area contributed by atoms with E-state index in [0.717, 1.165) is 11.3 Å². The van der Waals surface area contributed by atoms with E-state index in [1.54, 1.807) is 6.92 Å². The molecule has 0 saturated heterocycles. The normalized spacial score (nSPS) is 12.9. The van der Waals surface area contributed by atoms with Crippen LogP contribution in [0.5, 0.6) is 0 Å². The van der Waals surface area contributed by atoms with Crippen LogP contribution in [0.3, 0.4) is 0 Å². The Morgan fingerprint density at radius 2 is 1.81 bits per heavy atom. The Morgan fingerprint density at radius 1 is 1.22 bits per heavy atom. The first-order chi connectivity index (χ1) is 13.0. The largest absolute Gasteiger partial charge is 0.464 e. The number of aliphatic hydroxyl groups is 1. The minimum absolute atomic E-state index is 0.196. The zero-order valence-electron chi connectivity index (χ0n) is 15.4. The summed E-state index contributed by atoms with van der Waals surface area (Å²) >= 11 is 11.7. The third kappa shape index (κ3) is 7.92. The van der Waals surface area contributed by atoms with Crippen molar-refractivity contribution in [2.45, 2.75) is 25.4 Å². The number of esters is 1. The summed E-state index contributed by atoms with van der Waals surface area (Å²) in [5.74, 6) is -0.185. The van der Waals surface area contributed by atoms with E-state index in [4.69, 9.17) is 38.8 Å². The van der Waals surface area contributed by atoms with Crippen molar-refractivity contribution in [3.8, 4) is 0 Å². The molecular weight excluding hydrogens is 393 g/mol. The predicted octanol–water partition coefficient (Wildman–Crippen LogP) is 0.881. The van der Waals surface area contributed by atoms with Gasteiger partial charge >= 0.3 is 5.97 Å². The number of anilines is 1. The lowest BCUT2D eigenvalue weighted by molar-refractivity contribution is -0.147. The van der Waals surface area contributed by atoms with Crippen molar-refractivity contribution >= 4 is 40.8 Å². The van der Waals surface area contributed by atoms with Crippen LogP contribution in [0.25, 0.3) is 0 Å². The third-order valence-corrected chi connectivity index (χ3v) is 4.21. The molecule has 4 N–H and O–H groups in total. The van der Waals surface area contributed by atoms with E-state index >= 15 is 0 Å². The Morgan fingerprint density at radius 3 is 2.30 bits per heavy atom. The van der Waals surface area contributed by atoms with Crippen molar-refractivity contribution in [3.05, 3.63) is 29.8 Å². The van der Waals surface area contributed by atoms with Gasteiger partial charge in [0.15, 0.2) is 0 Å². The highest BCUT2D eigenvalue weighted by molar-refractivity contribution is 6.18. The highest BCUT2D eigenvalue weighted by atomic mass is 35.5. The van der Waals surface area contributed by atoms with Gasteiger partial charge in [-0.3, -0.25) is 4.79 Å². The van der Waals surface area contributed by atoms with Crippen LogP contribution in [-0.4, -0.2) is 67.1 Å². The summed E-state index contributed by atoms with van der Waals surface area (Å²) < 4.78 is 5.02. The van der Waals surface area contributed by atoms with Gasteiger partial charge in [0.2, 0.25) is 5.91 Å². The molecule has 0 aliphatic heterocycles. The van der Waals surface area contributed by atoms with Gasteiger partial charge in [0, 0.05) is 37.0 Å². The van der Waals surface area contributed by atoms with Gasteiger partial charge in [0.25, 0.3) is 0 Å². The quantitative estimate of drug-likeness (QED) is 0.343. The maximum atomic E-state index is 12.2. The molecule has 1 amide bonds. The highest BCUT2D eigenvalue weighted by Gasteiger charge is 2.25. The fourth-order valence-corrected chi connectivity index (χ4v) is 2.86. The maximum absolute atomic E-state index is 12.2.